The van der Waals surface area contributed by atoms with Crippen LogP contribution in [0.4, 0.5) is 13.2 Å². The minimum absolute atomic E-state index is 0.00641. The maximum absolute atomic E-state index is 12.8. The molecule has 0 bridgehead atoms. The van der Waals surface area contributed by atoms with Crippen LogP contribution in [-0.4, -0.2) is 28.4 Å². The average molecular weight is 416 g/mol. The first-order chi connectivity index (χ1) is 13.7. The summed E-state index contributed by atoms with van der Waals surface area (Å²) >= 11 is 5.02. The molecule has 1 heterocycles. The monoisotopic (exact) mass is 416 g/mol. The van der Waals surface area contributed by atoms with Gasteiger partial charge in [0.15, 0.2) is 5.11 Å². The number of hydrogen-bond acceptors (Lipinski definition) is 3. The number of nitrogens with one attached hydrogen (secondary N) is 1. The van der Waals surface area contributed by atoms with E-state index in [-0.39, 0.29) is 17.2 Å². The van der Waals surface area contributed by atoms with Crippen molar-refractivity contribution in [2.45, 2.75) is 6.18 Å². The highest BCUT2D eigenvalue weighted by molar-refractivity contribution is 7.80. The van der Waals surface area contributed by atoms with E-state index >= 15 is 0 Å². The number of nitrogens with zero attached hydrogens (tertiary/aromatic N) is 1. The molecule has 8 heteroatoms. The third-order valence-corrected chi connectivity index (χ3v) is 4.60. The van der Waals surface area contributed by atoms with Gasteiger partial charge in [-0.1, -0.05) is 42.5 Å². The fraction of sp³-hybridized carbons (Fsp3) is 0.0952. The van der Waals surface area contributed by atoms with E-state index in [2.05, 4.69) is 11.9 Å². The lowest BCUT2D eigenvalue weighted by atomic mass is 9.96. The van der Waals surface area contributed by atoms with Crippen molar-refractivity contribution in [1.29, 1.82) is 0 Å². The van der Waals surface area contributed by atoms with Gasteiger partial charge in [-0.15, -0.1) is 6.58 Å². The topological polar surface area (TPSA) is 49.4 Å². The van der Waals surface area contributed by atoms with Gasteiger partial charge in [-0.3, -0.25) is 19.8 Å². The van der Waals surface area contributed by atoms with Gasteiger partial charge >= 0.3 is 6.18 Å². The Labute approximate surface area is 170 Å². The van der Waals surface area contributed by atoms with Gasteiger partial charge in [0.25, 0.3) is 11.8 Å². The normalized spacial score (nSPS) is 16.2. The van der Waals surface area contributed by atoms with Crippen LogP contribution in [0.2, 0.25) is 0 Å². The molecule has 2 amide bonds. The van der Waals surface area contributed by atoms with E-state index in [1.165, 1.54) is 29.2 Å². The molecular formula is C21H15F3N2O2S. The van der Waals surface area contributed by atoms with Gasteiger partial charge in [-0.05, 0) is 47.1 Å². The van der Waals surface area contributed by atoms with Crippen LogP contribution in [0.15, 0.2) is 66.8 Å². The second kappa shape index (κ2) is 8.00. The summed E-state index contributed by atoms with van der Waals surface area (Å²) in [5.74, 6) is -1.21. The Morgan fingerprint density at radius 2 is 1.72 bits per heavy atom. The number of alkyl halides is 3. The van der Waals surface area contributed by atoms with E-state index in [0.29, 0.717) is 16.7 Å². The zero-order valence-corrected chi connectivity index (χ0v) is 15.8. The fourth-order valence-corrected chi connectivity index (χ4v) is 3.12. The maximum Gasteiger partial charge on any atom is 0.416 e. The van der Waals surface area contributed by atoms with Crippen LogP contribution in [0.5, 0.6) is 0 Å². The van der Waals surface area contributed by atoms with E-state index in [4.69, 9.17) is 12.2 Å². The molecule has 29 heavy (non-hydrogen) atoms. The molecule has 2 aromatic rings. The molecule has 4 nitrogen and oxygen atoms in total. The molecule has 1 N–H and O–H groups in total. The molecule has 0 aromatic heterocycles. The summed E-state index contributed by atoms with van der Waals surface area (Å²) in [5, 5.41) is 2.45. The highest BCUT2D eigenvalue weighted by Gasteiger charge is 2.33. The van der Waals surface area contributed by atoms with Gasteiger partial charge < -0.3 is 0 Å². The lowest BCUT2D eigenvalue weighted by Gasteiger charge is -2.27. The lowest BCUT2D eigenvalue weighted by molar-refractivity contribution is -0.137. The van der Waals surface area contributed by atoms with Gasteiger partial charge in [0.1, 0.15) is 5.57 Å². The third kappa shape index (κ3) is 4.27. The average Bonchev–Trinajstić information content (AvgIpc) is 2.68. The summed E-state index contributed by atoms with van der Waals surface area (Å²) in [5.41, 5.74) is 0.731. The second-order valence-electron chi connectivity index (χ2n) is 6.18. The molecule has 0 saturated carbocycles. The lowest BCUT2D eigenvalue weighted by Crippen LogP contribution is -2.53. The summed E-state index contributed by atoms with van der Waals surface area (Å²) < 4.78 is 38.4. The van der Waals surface area contributed by atoms with E-state index in [9.17, 15) is 22.8 Å². The molecule has 1 saturated heterocycles. The van der Waals surface area contributed by atoms with Crippen molar-refractivity contribution in [1.82, 2.24) is 10.2 Å². The summed E-state index contributed by atoms with van der Waals surface area (Å²) in [6, 6.07) is 11.5. The predicted octanol–water partition coefficient (Wildman–Crippen LogP) is 4.19. The van der Waals surface area contributed by atoms with Crippen LogP contribution in [0.25, 0.3) is 17.2 Å². The number of halogens is 3. The Morgan fingerprint density at radius 3 is 2.34 bits per heavy atom. The van der Waals surface area contributed by atoms with E-state index in [0.717, 1.165) is 12.1 Å². The first kappa shape index (κ1) is 20.5. The highest BCUT2D eigenvalue weighted by Crippen LogP contribution is 2.32. The molecule has 2 aromatic carbocycles. The van der Waals surface area contributed by atoms with E-state index in [1.807, 2.05) is 0 Å². The Balaban J connectivity index is 2.02. The van der Waals surface area contributed by atoms with Crippen molar-refractivity contribution in [3.63, 3.8) is 0 Å². The van der Waals surface area contributed by atoms with Crippen molar-refractivity contribution in [3.8, 4) is 11.1 Å². The molecule has 1 aliphatic rings. The number of carbonyl (C=O) groups is 2. The van der Waals surface area contributed by atoms with Gasteiger partial charge in [-0.2, -0.15) is 13.2 Å². The summed E-state index contributed by atoms with van der Waals surface area (Å²) in [4.78, 5) is 26.2. The molecule has 0 spiro atoms. The van der Waals surface area contributed by atoms with Crippen LogP contribution in [0.3, 0.4) is 0 Å². The van der Waals surface area contributed by atoms with Crippen molar-refractivity contribution in [3.05, 3.63) is 77.9 Å². The molecule has 148 valence electrons. The second-order valence-corrected chi connectivity index (χ2v) is 6.57. The molecular weight excluding hydrogens is 401 g/mol. The predicted molar refractivity (Wildman–Crippen MR) is 108 cm³/mol. The number of rotatable bonds is 4. The third-order valence-electron chi connectivity index (χ3n) is 4.28. The number of hydrogen-bond donors (Lipinski definition) is 1. The van der Waals surface area contributed by atoms with Crippen LogP contribution in [-0.2, 0) is 15.8 Å². The summed E-state index contributed by atoms with van der Waals surface area (Å²) in [6.07, 6.45) is -1.54. The molecule has 0 unspecified atom stereocenters. The first-order valence-corrected chi connectivity index (χ1v) is 8.89. The van der Waals surface area contributed by atoms with E-state index in [1.54, 1.807) is 24.3 Å². The quantitative estimate of drug-likeness (QED) is 0.352. The highest BCUT2D eigenvalue weighted by atomic mass is 32.1. The Morgan fingerprint density at radius 1 is 1.07 bits per heavy atom. The molecule has 0 atom stereocenters. The molecule has 1 fully saturated rings. The van der Waals surface area contributed by atoms with Crippen LogP contribution < -0.4 is 5.32 Å². The molecule has 1 aliphatic heterocycles. The van der Waals surface area contributed by atoms with Gasteiger partial charge in [0.2, 0.25) is 0 Å². The molecule has 3 rings (SSSR count). The minimum atomic E-state index is -4.43. The van der Waals surface area contributed by atoms with Crippen molar-refractivity contribution < 1.29 is 22.8 Å². The fourth-order valence-electron chi connectivity index (χ4n) is 2.87. The van der Waals surface area contributed by atoms with Crippen LogP contribution in [0, 0.1) is 0 Å². The Hall–Kier alpha value is -3.26. The zero-order valence-electron chi connectivity index (χ0n) is 15.0. The number of benzene rings is 2. The van der Waals surface area contributed by atoms with Gasteiger partial charge in [0, 0.05) is 6.54 Å². The number of amides is 2. The standard InChI is InChI=1S/C21H15F3N2O2S/c1-2-11-26-19(28)17(18(27)25-20(26)29)12-14-5-3-4-6-16(14)13-7-9-15(10-8-13)21(22,23)24/h2-10,12H,1,11H2,(H,25,27,29)/b17-12+. The molecule has 0 aliphatic carbocycles. The maximum atomic E-state index is 12.8. The largest absolute Gasteiger partial charge is 0.416 e. The van der Waals surface area contributed by atoms with Gasteiger partial charge in [0.05, 0.1) is 5.56 Å². The summed E-state index contributed by atoms with van der Waals surface area (Å²) in [6.45, 7) is 3.70. The van der Waals surface area contributed by atoms with Gasteiger partial charge in [-0.25, -0.2) is 0 Å². The SMILES string of the molecule is C=CCN1C(=O)/C(=C/c2ccccc2-c2ccc(C(F)(F)F)cc2)C(=O)NC1=S. The van der Waals surface area contributed by atoms with Crippen LogP contribution in [0.1, 0.15) is 11.1 Å². The zero-order chi connectivity index (χ0) is 21.2. The number of carbonyl (C=O) groups excluding carboxylic acids is 2. The van der Waals surface area contributed by atoms with Crippen molar-refractivity contribution >= 4 is 35.2 Å². The van der Waals surface area contributed by atoms with Crippen molar-refractivity contribution in [2.24, 2.45) is 0 Å². The molecule has 0 radical (unpaired) electrons. The van der Waals surface area contributed by atoms with E-state index < -0.39 is 23.6 Å². The van der Waals surface area contributed by atoms with Crippen LogP contribution >= 0.6 is 12.2 Å². The Bertz CT molecular complexity index is 1030. The minimum Gasteiger partial charge on any atom is -0.298 e. The smallest absolute Gasteiger partial charge is 0.298 e. The summed E-state index contributed by atoms with van der Waals surface area (Å²) in [7, 11) is 0. The number of thiocarbonyl (C=S) groups is 1. The first-order valence-electron chi connectivity index (χ1n) is 8.49. The Kier molecular flexibility index (Phi) is 5.65. The van der Waals surface area contributed by atoms with Crippen molar-refractivity contribution in [2.75, 3.05) is 6.54 Å².